The average Bonchev–Trinajstić information content (AvgIpc) is 2.46. The molecular formula is C14H22FN3O2S. The summed E-state index contributed by atoms with van der Waals surface area (Å²) >= 11 is 0. The smallest absolute Gasteiger partial charge is 0.241 e. The van der Waals surface area contributed by atoms with Gasteiger partial charge in [-0.25, -0.2) is 17.5 Å². The molecule has 0 aromatic heterocycles. The van der Waals surface area contributed by atoms with Gasteiger partial charge in [-0.1, -0.05) is 12.5 Å². The van der Waals surface area contributed by atoms with E-state index in [4.69, 9.17) is 5.73 Å². The Balaban J connectivity index is 2.13. The molecular weight excluding hydrogens is 293 g/mol. The summed E-state index contributed by atoms with van der Waals surface area (Å²) in [7, 11) is -1.75. The van der Waals surface area contributed by atoms with Crippen LogP contribution in [0.25, 0.3) is 0 Å². The first-order valence-electron chi connectivity index (χ1n) is 7.13. The number of nitrogens with zero attached hydrogens (tertiary/aromatic N) is 1. The largest absolute Gasteiger partial charge is 0.326 e. The van der Waals surface area contributed by atoms with Crippen LogP contribution in [0, 0.1) is 5.82 Å². The minimum absolute atomic E-state index is 0.0296. The Kier molecular flexibility index (Phi) is 5.32. The molecule has 7 heteroatoms. The zero-order chi connectivity index (χ0) is 15.5. The van der Waals surface area contributed by atoms with Gasteiger partial charge in [-0.2, -0.15) is 0 Å². The zero-order valence-electron chi connectivity index (χ0n) is 12.2. The minimum Gasteiger partial charge on any atom is -0.326 e. The summed E-state index contributed by atoms with van der Waals surface area (Å²) in [6.45, 7) is 1.16. The maximum absolute atomic E-state index is 13.7. The second kappa shape index (κ2) is 6.83. The van der Waals surface area contributed by atoms with Gasteiger partial charge in [0.1, 0.15) is 5.82 Å². The Bertz CT molecular complexity index is 592. The minimum atomic E-state index is -3.75. The molecule has 0 aliphatic carbocycles. The number of piperidine rings is 1. The van der Waals surface area contributed by atoms with E-state index in [0.717, 1.165) is 25.8 Å². The molecule has 1 saturated heterocycles. The van der Waals surface area contributed by atoms with Crippen LogP contribution in [-0.2, 0) is 16.6 Å². The van der Waals surface area contributed by atoms with Gasteiger partial charge in [-0.05, 0) is 38.6 Å². The first-order chi connectivity index (χ1) is 9.95. The van der Waals surface area contributed by atoms with E-state index in [0.29, 0.717) is 6.54 Å². The molecule has 5 nitrogen and oxygen atoms in total. The predicted octanol–water partition coefficient (Wildman–Crippen LogP) is 1.05. The predicted molar refractivity (Wildman–Crippen MR) is 79.7 cm³/mol. The topological polar surface area (TPSA) is 75.4 Å². The molecule has 1 atom stereocenters. The molecule has 0 bridgehead atoms. The molecule has 1 aliphatic rings. The van der Waals surface area contributed by atoms with E-state index in [-0.39, 0.29) is 23.0 Å². The van der Waals surface area contributed by atoms with E-state index in [9.17, 15) is 12.8 Å². The maximum Gasteiger partial charge on any atom is 0.241 e. The summed E-state index contributed by atoms with van der Waals surface area (Å²) in [5, 5.41) is 0. The molecule has 0 amide bonds. The lowest BCUT2D eigenvalue weighted by molar-refractivity contribution is 0.187. The number of likely N-dealkylation sites (tertiary alicyclic amines) is 1. The molecule has 118 valence electrons. The van der Waals surface area contributed by atoms with Crippen molar-refractivity contribution in [1.29, 1.82) is 0 Å². The first-order valence-corrected chi connectivity index (χ1v) is 8.61. The molecule has 3 N–H and O–H groups in total. The van der Waals surface area contributed by atoms with Crippen molar-refractivity contribution in [2.24, 2.45) is 5.73 Å². The number of likely N-dealkylation sites (N-methyl/N-ethyl adjacent to an activating group) is 1. The van der Waals surface area contributed by atoms with Crippen molar-refractivity contribution in [1.82, 2.24) is 9.62 Å². The van der Waals surface area contributed by atoms with Crippen LogP contribution >= 0.6 is 0 Å². The van der Waals surface area contributed by atoms with Crippen molar-refractivity contribution in [2.75, 3.05) is 20.1 Å². The Hall–Kier alpha value is -1.02. The van der Waals surface area contributed by atoms with E-state index in [1.54, 1.807) is 0 Å². The highest BCUT2D eigenvalue weighted by Gasteiger charge is 2.24. The zero-order valence-corrected chi connectivity index (χ0v) is 13.0. The summed E-state index contributed by atoms with van der Waals surface area (Å²) in [5.41, 5.74) is 5.50. The molecule has 1 fully saturated rings. The van der Waals surface area contributed by atoms with Gasteiger partial charge in [0.15, 0.2) is 0 Å². The molecule has 1 aliphatic heterocycles. The standard InChI is InChI=1S/C14H22FN3O2S/c1-18-8-3-2-5-11(18)10-17-21(19,20)14-7-4-6-13(15)12(14)9-16/h4,6-7,11,17H,2-3,5,8-10,16H2,1H3. The Morgan fingerprint density at radius 2 is 2.19 bits per heavy atom. The fourth-order valence-corrected chi connectivity index (χ4v) is 4.00. The second-order valence-corrected chi connectivity index (χ2v) is 7.14. The van der Waals surface area contributed by atoms with Crippen LogP contribution in [0.5, 0.6) is 0 Å². The van der Waals surface area contributed by atoms with Crippen LogP contribution in [0.3, 0.4) is 0 Å². The van der Waals surface area contributed by atoms with Crippen molar-refractivity contribution >= 4 is 10.0 Å². The molecule has 21 heavy (non-hydrogen) atoms. The SMILES string of the molecule is CN1CCCCC1CNS(=O)(=O)c1cccc(F)c1CN. The first kappa shape index (κ1) is 16.4. The maximum atomic E-state index is 13.7. The summed E-state index contributed by atoms with van der Waals surface area (Å²) < 4.78 is 41.0. The highest BCUT2D eigenvalue weighted by Crippen LogP contribution is 2.19. The molecule has 1 aromatic rings. The molecule has 0 spiro atoms. The highest BCUT2D eigenvalue weighted by molar-refractivity contribution is 7.89. The van der Waals surface area contributed by atoms with Crippen molar-refractivity contribution in [3.05, 3.63) is 29.6 Å². The van der Waals surface area contributed by atoms with Crippen LogP contribution in [0.15, 0.2) is 23.1 Å². The third kappa shape index (κ3) is 3.79. The molecule has 0 radical (unpaired) electrons. The van der Waals surface area contributed by atoms with Gasteiger partial charge in [0.2, 0.25) is 10.0 Å². The van der Waals surface area contributed by atoms with Crippen molar-refractivity contribution in [3.8, 4) is 0 Å². The van der Waals surface area contributed by atoms with E-state index in [1.165, 1.54) is 18.2 Å². The fourth-order valence-electron chi connectivity index (χ4n) is 2.67. The number of nitrogens with one attached hydrogen (secondary N) is 1. The lowest BCUT2D eigenvalue weighted by atomic mass is 10.0. The Labute approximate surface area is 125 Å². The summed E-state index contributed by atoms with van der Waals surface area (Å²) in [5.74, 6) is -0.588. The van der Waals surface area contributed by atoms with Gasteiger partial charge in [0.05, 0.1) is 4.90 Å². The lowest BCUT2D eigenvalue weighted by Gasteiger charge is -2.32. The van der Waals surface area contributed by atoms with Gasteiger partial charge in [-0.3, -0.25) is 0 Å². The van der Waals surface area contributed by atoms with Gasteiger partial charge >= 0.3 is 0 Å². The van der Waals surface area contributed by atoms with Crippen LogP contribution in [0.4, 0.5) is 4.39 Å². The quantitative estimate of drug-likeness (QED) is 0.851. The number of hydrogen-bond acceptors (Lipinski definition) is 4. The molecule has 1 unspecified atom stereocenters. The monoisotopic (exact) mass is 315 g/mol. The average molecular weight is 315 g/mol. The molecule has 1 heterocycles. The molecule has 0 saturated carbocycles. The Morgan fingerprint density at radius 1 is 1.43 bits per heavy atom. The molecule has 1 aromatic carbocycles. The van der Waals surface area contributed by atoms with Gasteiger partial charge in [-0.15, -0.1) is 0 Å². The summed E-state index contributed by atoms with van der Waals surface area (Å²) in [6.07, 6.45) is 3.21. The van der Waals surface area contributed by atoms with E-state index in [2.05, 4.69) is 9.62 Å². The number of nitrogens with two attached hydrogens (primary N) is 1. The van der Waals surface area contributed by atoms with Gasteiger partial charge in [0.25, 0.3) is 0 Å². The van der Waals surface area contributed by atoms with Crippen molar-refractivity contribution in [2.45, 2.75) is 36.7 Å². The summed E-state index contributed by atoms with van der Waals surface area (Å²) in [6, 6.07) is 4.17. The number of benzene rings is 1. The fraction of sp³-hybridized carbons (Fsp3) is 0.571. The second-order valence-electron chi connectivity index (χ2n) is 5.40. The number of rotatable bonds is 5. The van der Waals surface area contributed by atoms with Crippen LogP contribution in [0.1, 0.15) is 24.8 Å². The molecule has 2 rings (SSSR count). The third-order valence-corrected chi connectivity index (χ3v) is 5.51. The Morgan fingerprint density at radius 3 is 2.86 bits per heavy atom. The van der Waals surface area contributed by atoms with Crippen LogP contribution < -0.4 is 10.5 Å². The van der Waals surface area contributed by atoms with E-state index >= 15 is 0 Å². The third-order valence-electron chi connectivity index (χ3n) is 4.00. The number of halogens is 1. The lowest BCUT2D eigenvalue weighted by Crippen LogP contribution is -2.44. The van der Waals surface area contributed by atoms with Crippen LogP contribution in [-0.4, -0.2) is 39.5 Å². The normalized spacial score (nSPS) is 20.6. The summed E-state index contributed by atoms with van der Waals surface area (Å²) in [4.78, 5) is 2.09. The van der Waals surface area contributed by atoms with Gasteiger partial charge in [0, 0.05) is 24.7 Å². The van der Waals surface area contributed by atoms with Crippen molar-refractivity contribution < 1.29 is 12.8 Å². The van der Waals surface area contributed by atoms with Gasteiger partial charge < -0.3 is 10.6 Å². The van der Waals surface area contributed by atoms with Crippen molar-refractivity contribution in [3.63, 3.8) is 0 Å². The number of hydrogen-bond donors (Lipinski definition) is 2. The van der Waals surface area contributed by atoms with Crippen LogP contribution in [0.2, 0.25) is 0 Å². The van der Waals surface area contributed by atoms with E-state index in [1.807, 2.05) is 7.05 Å². The number of sulfonamides is 1. The van der Waals surface area contributed by atoms with E-state index < -0.39 is 15.8 Å². The highest BCUT2D eigenvalue weighted by atomic mass is 32.2.